The normalized spacial score (nSPS) is 18.9. The summed E-state index contributed by atoms with van der Waals surface area (Å²) in [5.41, 5.74) is 0.859. The van der Waals surface area contributed by atoms with Gasteiger partial charge in [-0.05, 0) is 37.4 Å². The van der Waals surface area contributed by atoms with E-state index in [1.54, 1.807) is 0 Å². The van der Waals surface area contributed by atoms with Crippen LogP contribution in [0, 0.1) is 0 Å². The van der Waals surface area contributed by atoms with Gasteiger partial charge in [0.25, 0.3) is 0 Å². The van der Waals surface area contributed by atoms with E-state index in [1.807, 2.05) is 0 Å². The van der Waals surface area contributed by atoms with Crippen molar-refractivity contribution in [1.29, 1.82) is 0 Å². The lowest BCUT2D eigenvalue weighted by molar-refractivity contribution is -0.129. The summed E-state index contributed by atoms with van der Waals surface area (Å²) in [6.07, 6.45) is 0.322. The minimum atomic E-state index is -1.07. The Bertz CT molecular complexity index is 675. The van der Waals surface area contributed by atoms with Crippen LogP contribution in [-0.4, -0.2) is 36.8 Å². The van der Waals surface area contributed by atoms with Gasteiger partial charge in [0.2, 0.25) is 12.5 Å². The number of fused-ring (bicyclic) bond motifs is 1. The van der Waals surface area contributed by atoms with Crippen LogP contribution in [0.25, 0.3) is 0 Å². The third-order valence-corrected chi connectivity index (χ3v) is 5.04. The van der Waals surface area contributed by atoms with Crippen LogP contribution in [0.2, 0.25) is 0 Å². The van der Waals surface area contributed by atoms with E-state index in [1.165, 1.54) is 7.11 Å². The Morgan fingerprint density at radius 1 is 1.36 bits per heavy atom. The van der Waals surface area contributed by atoms with Crippen molar-refractivity contribution in [2.24, 2.45) is 5.16 Å². The molecule has 1 aromatic rings. The molecule has 3 rings (SSSR count). The van der Waals surface area contributed by atoms with Crippen LogP contribution in [0.3, 0.4) is 0 Å². The number of nitrogens with zero attached hydrogens (tertiary/aromatic N) is 1. The molecule has 1 aromatic carbocycles. The first-order chi connectivity index (χ1) is 10.5. The van der Waals surface area contributed by atoms with Crippen LogP contribution in [-0.2, 0) is 16.1 Å². The third-order valence-electron chi connectivity index (χ3n) is 3.36. The van der Waals surface area contributed by atoms with Crippen molar-refractivity contribution in [2.45, 2.75) is 18.9 Å². The van der Waals surface area contributed by atoms with Gasteiger partial charge in [0.15, 0.2) is 17.2 Å². The lowest BCUT2D eigenvalue weighted by Crippen LogP contribution is -2.16. The van der Waals surface area contributed by atoms with Gasteiger partial charge in [-0.3, -0.25) is 0 Å². The maximum absolute atomic E-state index is 10.9. The molecule has 2 aliphatic heterocycles. The predicted molar refractivity (Wildman–Crippen MR) is 82.8 cm³/mol. The fourth-order valence-corrected chi connectivity index (χ4v) is 3.96. The fraction of sp³-hybridized carbons (Fsp3) is 0.385. The Morgan fingerprint density at radius 2 is 2.09 bits per heavy atom. The minimum absolute atomic E-state index is 0.0185. The number of benzene rings is 1. The van der Waals surface area contributed by atoms with E-state index in [4.69, 9.17) is 24.2 Å². The number of carboxylic acids is 1. The average molecular weight is 437 g/mol. The highest BCUT2D eigenvalue weighted by Crippen LogP contribution is 2.52. The quantitative estimate of drug-likeness (QED) is 0.780. The minimum Gasteiger partial charge on any atom is -0.492 e. The van der Waals surface area contributed by atoms with Crippen molar-refractivity contribution in [3.63, 3.8) is 0 Å². The standard InChI is InChI=1S/C13H11Br2NO6/c1-19-10-8(14)6(9(15)11-12(10)21-4-20-11)2-5-3-7(13(17)18)16-22-5/h5H,2-4H2,1H3,(H,17,18)/t5-/m1/s1. The molecule has 0 radical (unpaired) electrons. The molecule has 0 aliphatic carbocycles. The SMILES string of the molecule is COc1c(Br)c(C[C@@H]2CC(C(=O)O)=NO2)c(Br)c2c1OCO2. The zero-order valence-corrected chi connectivity index (χ0v) is 14.6. The van der Waals surface area contributed by atoms with Crippen molar-refractivity contribution in [2.75, 3.05) is 13.9 Å². The summed E-state index contributed by atoms with van der Waals surface area (Å²) in [4.78, 5) is 16.1. The smallest absolute Gasteiger partial charge is 0.353 e. The number of aliphatic carboxylic acids is 1. The third kappa shape index (κ3) is 2.52. The predicted octanol–water partition coefficient (Wildman–Crippen LogP) is 2.72. The average Bonchev–Trinajstić information content (AvgIpc) is 3.13. The second-order valence-electron chi connectivity index (χ2n) is 4.68. The first kappa shape index (κ1) is 15.4. The zero-order chi connectivity index (χ0) is 15.9. The van der Waals surface area contributed by atoms with E-state index in [0.717, 1.165) is 10.0 Å². The number of rotatable bonds is 4. The topological polar surface area (TPSA) is 86.6 Å². The van der Waals surface area contributed by atoms with Crippen molar-refractivity contribution < 1.29 is 28.9 Å². The van der Waals surface area contributed by atoms with Crippen molar-refractivity contribution >= 4 is 43.5 Å². The van der Waals surface area contributed by atoms with E-state index < -0.39 is 5.97 Å². The Hall–Kier alpha value is -1.48. The molecule has 0 saturated heterocycles. The summed E-state index contributed by atoms with van der Waals surface area (Å²) in [5.74, 6) is 0.555. The van der Waals surface area contributed by atoms with Gasteiger partial charge in [0.05, 0.1) is 16.1 Å². The van der Waals surface area contributed by atoms with Crippen LogP contribution in [0.4, 0.5) is 0 Å². The molecular formula is C13H11Br2NO6. The van der Waals surface area contributed by atoms with E-state index in [2.05, 4.69) is 37.0 Å². The van der Waals surface area contributed by atoms with Crippen LogP contribution >= 0.6 is 31.9 Å². The van der Waals surface area contributed by atoms with Gasteiger partial charge in [0, 0.05) is 12.8 Å². The molecule has 1 atom stereocenters. The fourth-order valence-electron chi connectivity index (χ4n) is 2.33. The second-order valence-corrected chi connectivity index (χ2v) is 6.27. The summed E-state index contributed by atoms with van der Waals surface area (Å²) >= 11 is 7.00. The van der Waals surface area contributed by atoms with Gasteiger partial charge in [-0.1, -0.05) is 5.16 Å². The number of carboxylic acid groups (broad SMARTS) is 1. The second kappa shape index (κ2) is 5.96. The van der Waals surface area contributed by atoms with Gasteiger partial charge >= 0.3 is 5.97 Å². The maximum Gasteiger partial charge on any atom is 0.353 e. The summed E-state index contributed by atoms with van der Waals surface area (Å²) in [5, 5.41) is 12.5. The molecule has 118 valence electrons. The van der Waals surface area contributed by atoms with E-state index in [-0.39, 0.29) is 25.0 Å². The first-order valence-corrected chi connectivity index (χ1v) is 7.91. The maximum atomic E-state index is 10.9. The van der Waals surface area contributed by atoms with E-state index in [0.29, 0.717) is 28.1 Å². The molecule has 0 fully saturated rings. The zero-order valence-electron chi connectivity index (χ0n) is 11.4. The van der Waals surface area contributed by atoms with E-state index in [9.17, 15) is 4.79 Å². The summed E-state index contributed by atoms with van der Waals surface area (Å²) in [6, 6.07) is 0. The Balaban J connectivity index is 1.90. The Morgan fingerprint density at radius 3 is 2.73 bits per heavy atom. The van der Waals surface area contributed by atoms with Gasteiger partial charge in [-0.25, -0.2) is 4.79 Å². The lowest BCUT2D eigenvalue weighted by Gasteiger charge is -2.16. The van der Waals surface area contributed by atoms with Crippen LogP contribution in [0.5, 0.6) is 17.2 Å². The number of hydrogen-bond acceptors (Lipinski definition) is 6. The molecule has 0 amide bonds. The molecule has 0 saturated carbocycles. The molecule has 2 aliphatic rings. The monoisotopic (exact) mass is 435 g/mol. The molecule has 2 heterocycles. The van der Waals surface area contributed by atoms with Crippen molar-refractivity contribution in [1.82, 2.24) is 0 Å². The highest BCUT2D eigenvalue weighted by atomic mass is 79.9. The number of methoxy groups -OCH3 is 1. The molecule has 1 N–H and O–H groups in total. The highest BCUT2D eigenvalue weighted by Gasteiger charge is 2.32. The van der Waals surface area contributed by atoms with Gasteiger partial charge in [-0.15, -0.1) is 0 Å². The molecular weight excluding hydrogens is 426 g/mol. The van der Waals surface area contributed by atoms with Crippen LogP contribution in [0.15, 0.2) is 14.1 Å². The van der Waals surface area contributed by atoms with Crippen LogP contribution in [0.1, 0.15) is 12.0 Å². The largest absolute Gasteiger partial charge is 0.492 e. The molecule has 0 spiro atoms. The lowest BCUT2D eigenvalue weighted by atomic mass is 10.0. The number of ether oxygens (including phenoxy) is 3. The molecule has 0 bridgehead atoms. The molecule has 7 nitrogen and oxygen atoms in total. The van der Waals surface area contributed by atoms with Gasteiger partial charge in [0.1, 0.15) is 6.10 Å². The summed E-state index contributed by atoms with van der Waals surface area (Å²) in [6.45, 7) is 0.117. The van der Waals surface area contributed by atoms with Crippen molar-refractivity contribution in [3.8, 4) is 17.2 Å². The van der Waals surface area contributed by atoms with Gasteiger partial charge in [-0.2, -0.15) is 0 Å². The Kier molecular flexibility index (Phi) is 4.18. The number of hydrogen-bond donors (Lipinski definition) is 1. The Labute approximate surface area is 142 Å². The van der Waals surface area contributed by atoms with Gasteiger partial charge < -0.3 is 24.2 Å². The molecule has 0 unspecified atom stereocenters. The number of oxime groups is 1. The number of halogens is 2. The highest BCUT2D eigenvalue weighted by molar-refractivity contribution is 9.11. The summed E-state index contributed by atoms with van der Waals surface area (Å²) < 4.78 is 17.7. The number of carbonyl (C=O) groups is 1. The molecule has 0 aromatic heterocycles. The van der Waals surface area contributed by atoms with Crippen LogP contribution < -0.4 is 14.2 Å². The van der Waals surface area contributed by atoms with E-state index >= 15 is 0 Å². The first-order valence-electron chi connectivity index (χ1n) is 6.32. The van der Waals surface area contributed by atoms with Crippen molar-refractivity contribution in [3.05, 3.63) is 14.5 Å². The summed E-state index contributed by atoms with van der Waals surface area (Å²) in [7, 11) is 1.54. The molecule has 22 heavy (non-hydrogen) atoms. The molecule has 9 heteroatoms.